The summed E-state index contributed by atoms with van der Waals surface area (Å²) in [6.07, 6.45) is 4.91. The molecule has 0 atom stereocenters. The lowest BCUT2D eigenvalue weighted by Gasteiger charge is -2.10. The van der Waals surface area contributed by atoms with Gasteiger partial charge in [0.1, 0.15) is 11.5 Å². The molecular formula is C23H22N2O3. The SMILES string of the molecule is COc1ccc2c(c1)c(/C=C1\Oc3c[c]c[c]c3C1=O)cn2CCCN(C)C. The van der Waals surface area contributed by atoms with Crippen LogP contribution in [0.2, 0.25) is 0 Å². The van der Waals surface area contributed by atoms with Crippen LogP contribution in [0.4, 0.5) is 0 Å². The van der Waals surface area contributed by atoms with Gasteiger partial charge >= 0.3 is 0 Å². The van der Waals surface area contributed by atoms with Gasteiger partial charge in [0, 0.05) is 29.2 Å². The first-order valence-electron chi connectivity index (χ1n) is 9.24. The second-order valence-electron chi connectivity index (χ2n) is 7.10. The third kappa shape index (κ3) is 3.41. The molecule has 0 bridgehead atoms. The number of hydrogen-bond acceptors (Lipinski definition) is 4. The van der Waals surface area contributed by atoms with Gasteiger partial charge in [-0.1, -0.05) is 0 Å². The van der Waals surface area contributed by atoms with Crippen LogP contribution in [0.25, 0.3) is 17.0 Å². The Balaban J connectivity index is 1.73. The molecule has 0 N–H and O–H groups in total. The van der Waals surface area contributed by atoms with Crippen LogP contribution in [0, 0.1) is 12.1 Å². The molecule has 5 nitrogen and oxygen atoms in total. The molecule has 142 valence electrons. The molecule has 3 aromatic rings. The summed E-state index contributed by atoms with van der Waals surface area (Å²) in [5, 5.41) is 1.03. The molecule has 28 heavy (non-hydrogen) atoms. The lowest BCUT2D eigenvalue weighted by atomic mass is 10.1. The van der Waals surface area contributed by atoms with Crippen LogP contribution in [-0.4, -0.2) is 43.0 Å². The zero-order valence-corrected chi connectivity index (χ0v) is 16.3. The zero-order chi connectivity index (χ0) is 19.7. The highest BCUT2D eigenvalue weighted by Gasteiger charge is 2.27. The number of Topliss-reactive ketones (excluding diaryl/α,β-unsaturated/α-hetero) is 1. The molecule has 2 heterocycles. The Hall–Kier alpha value is -3.05. The number of methoxy groups -OCH3 is 1. The van der Waals surface area contributed by atoms with Crippen LogP contribution in [0.5, 0.6) is 11.5 Å². The van der Waals surface area contributed by atoms with Crippen molar-refractivity contribution in [2.45, 2.75) is 13.0 Å². The summed E-state index contributed by atoms with van der Waals surface area (Å²) in [6.45, 7) is 1.90. The monoisotopic (exact) mass is 374 g/mol. The van der Waals surface area contributed by atoms with E-state index in [1.54, 1.807) is 25.3 Å². The van der Waals surface area contributed by atoms with Crippen LogP contribution < -0.4 is 9.47 Å². The van der Waals surface area contributed by atoms with E-state index in [2.05, 4.69) is 48.0 Å². The van der Waals surface area contributed by atoms with E-state index >= 15 is 0 Å². The van der Waals surface area contributed by atoms with Gasteiger partial charge in [-0.15, -0.1) is 0 Å². The minimum Gasteiger partial charge on any atom is -0.497 e. The molecule has 5 heteroatoms. The average Bonchev–Trinajstić information content (AvgIpc) is 3.19. The highest BCUT2D eigenvalue weighted by atomic mass is 16.5. The van der Waals surface area contributed by atoms with Crippen LogP contribution in [0.3, 0.4) is 0 Å². The first kappa shape index (κ1) is 18.3. The molecule has 1 aromatic heterocycles. The summed E-state index contributed by atoms with van der Waals surface area (Å²) in [4.78, 5) is 14.8. The second-order valence-corrected chi connectivity index (χ2v) is 7.10. The van der Waals surface area contributed by atoms with E-state index in [1.165, 1.54) is 0 Å². The molecule has 4 rings (SSSR count). The Morgan fingerprint density at radius 1 is 1.32 bits per heavy atom. The van der Waals surface area contributed by atoms with Crippen LogP contribution in [0.1, 0.15) is 22.3 Å². The predicted octanol–water partition coefficient (Wildman–Crippen LogP) is 3.82. The van der Waals surface area contributed by atoms with Gasteiger partial charge in [-0.2, -0.15) is 0 Å². The van der Waals surface area contributed by atoms with Gasteiger partial charge in [-0.3, -0.25) is 4.79 Å². The Labute approximate surface area is 164 Å². The molecular weight excluding hydrogens is 352 g/mol. The highest BCUT2D eigenvalue weighted by molar-refractivity contribution is 6.15. The van der Waals surface area contributed by atoms with E-state index in [-0.39, 0.29) is 5.78 Å². The van der Waals surface area contributed by atoms with Gasteiger partial charge < -0.3 is 18.9 Å². The Kier molecular flexibility index (Phi) is 4.92. The number of ether oxygens (including phenoxy) is 2. The lowest BCUT2D eigenvalue weighted by Crippen LogP contribution is -2.14. The maximum Gasteiger partial charge on any atom is 0.232 e. The number of fused-ring (bicyclic) bond motifs is 2. The van der Waals surface area contributed by atoms with Crippen molar-refractivity contribution in [2.75, 3.05) is 27.7 Å². The molecule has 0 unspecified atom stereocenters. The predicted molar refractivity (Wildman–Crippen MR) is 109 cm³/mol. The first-order valence-corrected chi connectivity index (χ1v) is 9.24. The van der Waals surface area contributed by atoms with E-state index in [0.29, 0.717) is 17.1 Å². The summed E-state index contributed by atoms with van der Waals surface area (Å²) < 4.78 is 13.4. The van der Waals surface area contributed by atoms with Crippen molar-refractivity contribution in [2.24, 2.45) is 0 Å². The number of nitrogens with zero attached hydrogens (tertiary/aromatic N) is 2. The fraction of sp³-hybridized carbons (Fsp3) is 0.261. The normalized spacial score (nSPS) is 14.7. The van der Waals surface area contributed by atoms with Crippen molar-refractivity contribution in [1.82, 2.24) is 9.47 Å². The molecule has 0 aliphatic carbocycles. The van der Waals surface area contributed by atoms with E-state index in [1.807, 2.05) is 12.1 Å². The number of aromatic nitrogens is 1. The highest BCUT2D eigenvalue weighted by Crippen LogP contribution is 2.33. The van der Waals surface area contributed by atoms with Gasteiger partial charge in [0.2, 0.25) is 5.78 Å². The standard InChI is InChI=1S/C23H22N2O3/c1-24(2)11-6-12-25-15-16(19-14-17(27-3)9-10-20(19)25)13-22-23(26)18-7-4-5-8-21(18)28-22/h4,8-10,13-15H,6,11-12H2,1-3H3/b22-13-. The smallest absolute Gasteiger partial charge is 0.232 e. The molecule has 1 aliphatic heterocycles. The average molecular weight is 374 g/mol. The number of allylic oxidation sites excluding steroid dienone is 1. The summed E-state index contributed by atoms with van der Waals surface area (Å²) in [7, 11) is 5.80. The van der Waals surface area contributed by atoms with E-state index in [4.69, 9.17) is 9.47 Å². The third-order valence-electron chi connectivity index (χ3n) is 4.84. The Bertz CT molecular complexity index is 1060. The van der Waals surface area contributed by atoms with Crippen molar-refractivity contribution in [3.63, 3.8) is 0 Å². The summed E-state index contributed by atoms with van der Waals surface area (Å²) >= 11 is 0. The van der Waals surface area contributed by atoms with E-state index in [0.717, 1.165) is 41.7 Å². The molecule has 2 aromatic carbocycles. The molecule has 0 spiro atoms. The second kappa shape index (κ2) is 7.52. The quantitative estimate of drug-likeness (QED) is 0.616. The van der Waals surface area contributed by atoms with Crippen molar-refractivity contribution in [3.05, 3.63) is 65.5 Å². The first-order chi connectivity index (χ1) is 13.6. The number of hydrogen-bond donors (Lipinski definition) is 0. The summed E-state index contributed by atoms with van der Waals surface area (Å²) in [5.41, 5.74) is 2.49. The Morgan fingerprint density at radius 3 is 2.93 bits per heavy atom. The van der Waals surface area contributed by atoms with Crippen LogP contribution >= 0.6 is 0 Å². The summed E-state index contributed by atoms with van der Waals surface area (Å²) in [5.74, 6) is 1.44. The maximum absolute atomic E-state index is 12.6. The fourth-order valence-electron chi connectivity index (χ4n) is 3.44. The van der Waals surface area contributed by atoms with Crippen molar-refractivity contribution < 1.29 is 14.3 Å². The van der Waals surface area contributed by atoms with E-state index < -0.39 is 0 Å². The molecule has 1 aliphatic rings. The van der Waals surface area contributed by atoms with E-state index in [9.17, 15) is 4.79 Å². The molecule has 0 amide bonds. The van der Waals surface area contributed by atoms with Gasteiger partial charge in [0.25, 0.3) is 0 Å². The molecule has 2 radical (unpaired) electrons. The lowest BCUT2D eigenvalue weighted by molar-refractivity contribution is 0.101. The number of carbonyl (C=O) groups excluding carboxylic acids is 1. The Morgan fingerprint density at radius 2 is 2.18 bits per heavy atom. The number of aryl methyl sites for hydroxylation is 1. The maximum atomic E-state index is 12.6. The number of benzene rings is 2. The minimum atomic E-state index is -0.152. The summed E-state index contributed by atoms with van der Waals surface area (Å²) in [6, 6.07) is 15.1. The number of rotatable bonds is 6. The van der Waals surface area contributed by atoms with Crippen molar-refractivity contribution in [1.29, 1.82) is 0 Å². The fourth-order valence-corrected chi connectivity index (χ4v) is 3.44. The largest absolute Gasteiger partial charge is 0.497 e. The topological polar surface area (TPSA) is 43.7 Å². The van der Waals surface area contributed by atoms with Crippen molar-refractivity contribution in [3.8, 4) is 11.5 Å². The third-order valence-corrected chi connectivity index (χ3v) is 4.84. The number of carbonyl (C=O) groups is 1. The van der Waals surface area contributed by atoms with Gasteiger partial charge in [0.15, 0.2) is 5.76 Å². The number of ketones is 1. The van der Waals surface area contributed by atoms with Crippen molar-refractivity contribution >= 4 is 22.8 Å². The van der Waals surface area contributed by atoms with Gasteiger partial charge in [-0.25, -0.2) is 0 Å². The molecule has 0 saturated heterocycles. The molecule has 0 fully saturated rings. The van der Waals surface area contributed by atoms with Gasteiger partial charge in [-0.05, 0) is 75.6 Å². The van der Waals surface area contributed by atoms with Gasteiger partial charge in [0.05, 0.1) is 12.7 Å². The van der Waals surface area contributed by atoms with Crippen LogP contribution in [0.15, 0.2) is 42.3 Å². The molecule has 0 saturated carbocycles. The minimum absolute atomic E-state index is 0.152. The zero-order valence-electron chi connectivity index (χ0n) is 16.3. The van der Waals surface area contributed by atoms with Crippen LogP contribution in [-0.2, 0) is 6.54 Å².